The van der Waals surface area contributed by atoms with E-state index >= 15 is 0 Å². The van der Waals surface area contributed by atoms with Crippen LogP contribution in [0.1, 0.15) is 32.6 Å². The summed E-state index contributed by atoms with van der Waals surface area (Å²) in [6.07, 6.45) is 3.03. The molecule has 0 spiro atoms. The zero-order valence-corrected chi connectivity index (χ0v) is 12.6. The summed E-state index contributed by atoms with van der Waals surface area (Å²) >= 11 is 0. The van der Waals surface area contributed by atoms with Crippen LogP contribution in [-0.4, -0.2) is 72.7 Å². The van der Waals surface area contributed by atoms with Crippen molar-refractivity contribution in [3.8, 4) is 0 Å². The average molecular weight is 296 g/mol. The highest BCUT2D eigenvalue weighted by molar-refractivity contribution is 5.83. The Morgan fingerprint density at radius 3 is 2.10 bits per heavy atom. The van der Waals surface area contributed by atoms with Crippen molar-refractivity contribution in [1.29, 1.82) is 0 Å². The molecule has 0 aromatic heterocycles. The lowest BCUT2D eigenvalue weighted by molar-refractivity contribution is -0.152. The van der Waals surface area contributed by atoms with E-state index in [1.165, 1.54) is 0 Å². The number of rotatable bonds is 2. The smallest absolute Gasteiger partial charge is 0.252 e. The van der Waals surface area contributed by atoms with Crippen LogP contribution in [0.15, 0.2) is 0 Å². The summed E-state index contributed by atoms with van der Waals surface area (Å²) in [5, 5.41) is 0. The SMILES string of the molecule is C[C@H]1CN(C(=O)[C@@H]2CCCO2)CCN1C(=O)[C@H]1CCCO1. The molecule has 6 nitrogen and oxygen atoms in total. The highest BCUT2D eigenvalue weighted by Crippen LogP contribution is 2.21. The van der Waals surface area contributed by atoms with Crippen molar-refractivity contribution in [3.05, 3.63) is 0 Å². The van der Waals surface area contributed by atoms with Crippen LogP contribution < -0.4 is 0 Å². The van der Waals surface area contributed by atoms with Gasteiger partial charge in [0.05, 0.1) is 0 Å². The molecule has 3 saturated heterocycles. The summed E-state index contributed by atoms with van der Waals surface area (Å²) < 4.78 is 10.9. The van der Waals surface area contributed by atoms with Gasteiger partial charge in [-0.15, -0.1) is 0 Å². The van der Waals surface area contributed by atoms with E-state index in [1.807, 2.05) is 16.7 Å². The second-order valence-electron chi connectivity index (χ2n) is 6.17. The summed E-state index contributed by atoms with van der Waals surface area (Å²) in [4.78, 5) is 28.5. The number of piperazine rings is 1. The molecule has 6 heteroatoms. The number of amides is 2. The molecule has 21 heavy (non-hydrogen) atoms. The molecule has 3 aliphatic heterocycles. The monoisotopic (exact) mass is 296 g/mol. The fourth-order valence-electron chi connectivity index (χ4n) is 3.42. The van der Waals surface area contributed by atoms with Crippen molar-refractivity contribution < 1.29 is 19.1 Å². The number of hydrogen-bond donors (Lipinski definition) is 0. The molecule has 0 aliphatic carbocycles. The zero-order valence-electron chi connectivity index (χ0n) is 12.6. The summed E-state index contributed by atoms with van der Waals surface area (Å²) in [6, 6.07) is 0.0424. The van der Waals surface area contributed by atoms with E-state index in [2.05, 4.69) is 0 Å². The van der Waals surface area contributed by atoms with Gasteiger partial charge in [0, 0.05) is 38.9 Å². The third kappa shape index (κ3) is 3.06. The first kappa shape index (κ1) is 14.8. The van der Waals surface area contributed by atoms with Crippen LogP contribution in [0.3, 0.4) is 0 Å². The number of nitrogens with zero attached hydrogens (tertiary/aromatic N) is 2. The highest BCUT2D eigenvalue weighted by Gasteiger charge is 2.37. The van der Waals surface area contributed by atoms with Crippen molar-refractivity contribution >= 4 is 11.8 Å². The van der Waals surface area contributed by atoms with Gasteiger partial charge < -0.3 is 19.3 Å². The van der Waals surface area contributed by atoms with Gasteiger partial charge in [-0.3, -0.25) is 9.59 Å². The normalized spacial score (nSPS) is 33.5. The lowest BCUT2D eigenvalue weighted by atomic mass is 10.1. The average Bonchev–Trinajstić information content (AvgIpc) is 3.18. The molecule has 118 valence electrons. The first-order chi connectivity index (χ1) is 10.2. The van der Waals surface area contributed by atoms with Crippen LogP contribution in [0.2, 0.25) is 0 Å². The molecule has 0 aromatic rings. The molecule has 3 fully saturated rings. The number of carbonyl (C=O) groups excluding carboxylic acids is 2. The molecule has 0 radical (unpaired) electrons. The van der Waals surface area contributed by atoms with E-state index in [9.17, 15) is 9.59 Å². The Labute approximate surface area is 125 Å². The van der Waals surface area contributed by atoms with Crippen molar-refractivity contribution in [2.24, 2.45) is 0 Å². The van der Waals surface area contributed by atoms with E-state index in [-0.39, 0.29) is 30.1 Å². The molecule has 3 rings (SSSR count). The molecule has 2 amide bonds. The van der Waals surface area contributed by atoms with E-state index < -0.39 is 0 Å². The van der Waals surface area contributed by atoms with Crippen LogP contribution in [-0.2, 0) is 19.1 Å². The minimum atomic E-state index is -0.270. The Bertz CT molecular complexity index is 402. The summed E-state index contributed by atoms with van der Waals surface area (Å²) in [5.74, 6) is 0.174. The molecule has 0 N–H and O–H groups in total. The van der Waals surface area contributed by atoms with Gasteiger partial charge in [-0.05, 0) is 32.6 Å². The van der Waals surface area contributed by atoms with Crippen LogP contribution in [0.5, 0.6) is 0 Å². The third-order valence-corrected chi connectivity index (χ3v) is 4.63. The first-order valence-corrected chi connectivity index (χ1v) is 7.99. The number of ether oxygens (including phenoxy) is 2. The minimum absolute atomic E-state index is 0.0424. The van der Waals surface area contributed by atoms with Gasteiger partial charge in [0.15, 0.2) is 0 Å². The number of carbonyl (C=O) groups is 2. The van der Waals surface area contributed by atoms with Gasteiger partial charge in [0.2, 0.25) is 0 Å². The van der Waals surface area contributed by atoms with E-state index in [0.29, 0.717) is 32.8 Å². The molecule has 0 aromatic carbocycles. The maximum Gasteiger partial charge on any atom is 0.252 e. The molecule has 0 unspecified atom stereocenters. The molecule has 3 heterocycles. The van der Waals surface area contributed by atoms with E-state index in [1.54, 1.807) is 0 Å². The summed E-state index contributed by atoms with van der Waals surface area (Å²) in [7, 11) is 0. The highest BCUT2D eigenvalue weighted by atomic mass is 16.5. The molecule has 0 saturated carbocycles. The predicted octanol–water partition coefficient (Wildman–Crippen LogP) is 0.404. The van der Waals surface area contributed by atoms with Crippen LogP contribution in [0, 0.1) is 0 Å². The van der Waals surface area contributed by atoms with Crippen molar-refractivity contribution in [3.63, 3.8) is 0 Å². The standard InChI is InChI=1S/C15H24N2O4/c1-11-10-16(14(18)12-4-2-8-20-12)6-7-17(11)15(19)13-5-3-9-21-13/h11-13H,2-10H2,1H3/t11-,12-,13+/m0/s1. The maximum atomic E-state index is 12.4. The topological polar surface area (TPSA) is 59.1 Å². The Morgan fingerprint density at radius 2 is 1.57 bits per heavy atom. The Morgan fingerprint density at radius 1 is 0.952 bits per heavy atom. The Hall–Kier alpha value is -1.14. The fourth-order valence-corrected chi connectivity index (χ4v) is 3.42. The van der Waals surface area contributed by atoms with Crippen molar-refractivity contribution in [1.82, 2.24) is 9.80 Å². The predicted molar refractivity (Wildman–Crippen MR) is 75.7 cm³/mol. The second kappa shape index (κ2) is 6.32. The van der Waals surface area contributed by atoms with Gasteiger partial charge in [-0.2, -0.15) is 0 Å². The molecule has 3 aliphatic rings. The van der Waals surface area contributed by atoms with Crippen LogP contribution >= 0.6 is 0 Å². The van der Waals surface area contributed by atoms with E-state index in [4.69, 9.17) is 9.47 Å². The Balaban J connectivity index is 1.56. The van der Waals surface area contributed by atoms with Gasteiger partial charge in [0.25, 0.3) is 11.8 Å². The number of hydrogen-bond acceptors (Lipinski definition) is 4. The van der Waals surface area contributed by atoms with Gasteiger partial charge in [0.1, 0.15) is 12.2 Å². The maximum absolute atomic E-state index is 12.4. The zero-order chi connectivity index (χ0) is 14.8. The fraction of sp³-hybridized carbons (Fsp3) is 0.867. The second-order valence-corrected chi connectivity index (χ2v) is 6.17. The van der Waals surface area contributed by atoms with E-state index in [0.717, 1.165) is 25.7 Å². The Kier molecular flexibility index (Phi) is 4.45. The van der Waals surface area contributed by atoms with Crippen LogP contribution in [0.25, 0.3) is 0 Å². The first-order valence-electron chi connectivity index (χ1n) is 7.99. The quantitative estimate of drug-likeness (QED) is 0.740. The largest absolute Gasteiger partial charge is 0.368 e. The van der Waals surface area contributed by atoms with Crippen molar-refractivity contribution in [2.75, 3.05) is 32.8 Å². The third-order valence-electron chi connectivity index (χ3n) is 4.63. The van der Waals surface area contributed by atoms with Crippen LogP contribution in [0.4, 0.5) is 0 Å². The van der Waals surface area contributed by atoms with Crippen molar-refractivity contribution in [2.45, 2.75) is 50.9 Å². The lowest BCUT2D eigenvalue weighted by Gasteiger charge is -2.41. The molecular formula is C15H24N2O4. The van der Waals surface area contributed by atoms with Gasteiger partial charge in [-0.25, -0.2) is 0 Å². The molecule has 0 bridgehead atoms. The molecule has 3 atom stereocenters. The minimum Gasteiger partial charge on any atom is -0.368 e. The molecular weight excluding hydrogens is 272 g/mol. The van der Waals surface area contributed by atoms with Gasteiger partial charge >= 0.3 is 0 Å². The van der Waals surface area contributed by atoms with Gasteiger partial charge in [-0.1, -0.05) is 0 Å². The summed E-state index contributed by atoms with van der Waals surface area (Å²) in [6.45, 7) is 5.16. The summed E-state index contributed by atoms with van der Waals surface area (Å²) in [5.41, 5.74) is 0. The lowest BCUT2D eigenvalue weighted by Crippen LogP contribution is -2.58.